The molecule has 0 saturated carbocycles. The molecule has 0 spiro atoms. The Morgan fingerprint density at radius 1 is 1.43 bits per heavy atom. The minimum Gasteiger partial charge on any atom is -0.384 e. The Kier molecular flexibility index (Phi) is 6.52. The summed E-state index contributed by atoms with van der Waals surface area (Å²) in [5, 5.41) is 0. The van der Waals surface area contributed by atoms with Crippen molar-refractivity contribution in [2.24, 2.45) is 5.92 Å². The van der Waals surface area contributed by atoms with Crippen molar-refractivity contribution in [3.05, 3.63) is 0 Å². The molecule has 0 radical (unpaired) electrons. The normalized spacial score (nSPS) is 23.1. The van der Waals surface area contributed by atoms with Crippen LogP contribution in [0.15, 0.2) is 0 Å². The number of hydrogen-bond acceptors (Lipinski definition) is 3. The molecule has 3 nitrogen and oxygen atoms in total. The van der Waals surface area contributed by atoms with Crippen molar-refractivity contribution in [3.63, 3.8) is 0 Å². The van der Waals surface area contributed by atoms with Gasteiger partial charge < -0.3 is 14.4 Å². The van der Waals surface area contributed by atoms with Gasteiger partial charge in [-0.15, -0.1) is 11.6 Å². The maximum atomic E-state index is 5.51. The van der Waals surface area contributed by atoms with Crippen molar-refractivity contribution in [1.82, 2.24) is 4.90 Å². The molecule has 0 aromatic heterocycles. The van der Waals surface area contributed by atoms with Crippen molar-refractivity contribution >= 4 is 11.6 Å². The molecule has 1 rings (SSSR count). The highest BCUT2D eigenvalue weighted by molar-refractivity contribution is 6.17. The van der Waals surface area contributed by atoms with Crippen LogP contribution in [0.4, 0.5) is 0 Å². The van der Waals surface area contributed by atoms with Crippen LogP contribution in [-0.4, -0.2) is 57.3 Å². The fraction of sp³-hybridized carbons (Fsp3) is 1.00. The van der Waals surface area contributed by atoms with Gasteiger partial charge in [0.2, 0.25) is 0 Å². The van der Waals surface area contributed by atoms with E-state index < -0.39 is 0 Å². The van der Waals surface area contributed by atoms with Crippen molar-refractivity contribution in [2.75, 3.05) is 52.4 Å². The maximum Gasteiger partial charge on any atom is 0.0602 e. The van der Waals surface area contributed by atoms with Gasteiger partial charge in [0.25, 0.3) is 0 Å². The van der Waals surface area contributed by atoms with Crippen LogP contribution < -0.4 is 0 Å². The molecule has 1 unspecified atom stereocenters. The van der Waals surface area contributed by atoms with Gasteiger partial charge in [0.15, 0.2) is 0 Å². The summed E-state index contributed by atoms with van der Waals surface area (Å²) in [6.45, 7) is 5.70. The summed E-state index contributed by atoms with van der Waals surface area (Å²) in [7, 11) is 1.77. The van der Waals surface area contributed by atoms with Gasteiger partial charge in [-0.1, -0.05) is 0 Å². The third-order valence-corrected chi connectivity index (χ3v) is 2.70. The molecular weight excluding hydrogens is 202 g/mol. The van der Waals surface area contributed by atoms with E-state index in [1.807, 2.05) is 0 Å². The first-order chi connectivity index (χ1) is 6.86. The van der Waals surface area contributed by atoms with Gasteiger partial charge >= 0.3 is 0 Å². The third kappa shape index (κ3) is 4.60. The SMILES string of the molecule is COCC1CCN(CCOCCCl)C1. The number of alkyl halides is 1. The Bertz CT molecular complexity index is 146. The van der Waals surface area contributed by atoms with Crippen molar-refractivity contribution in [1.29, 1.82) is 0 Å². The molecule has 0 N–H and O–H groups in total. The Labute approximate surface area is 91.3 Å². The van der Waals surface area contributed by atoms with E-state index >= 15 is 0 Å². The first kappa shape index (κ1) is 12.2. The van der Waals surface area contributed by atoms with Gasteiger partial charge in [0, 0.05) is 26.1 Å². The van der Waals surface area contributed by atoms with Crippen LogP contribution in [0.5, 0.6) is 0 Å². The topological polar surface area (TPSA) is 21.7 Å². The second-order valence-corrected chi connectivity index (χ2v) is 4.09. The van der Waals surface area contributed by atoms with Gasteiger partial charge in [0.05, 0.1) is 19.8 Å². The number of halogens is 1. The van der Waals surface area contributed by atoms with E-state index in [-0.39, 0.29) is 0 Å². The molecule has 84 valence electrons. The second kappa shape index (κ2) is 7.46. The van der Waals surface area contributed by atoms with E-state index in [1.165, 1.54) is 13.0 Å². The van der Waals surface area contributed by atoms with E-state index in [9.17, 15) is 0 Å². The van der Waals surface area contributed by atoms with Gasteiger partial charge in [-0.05, 0) is 18.9 Å². The molecule has 1 fully saturated rings. The number of methoxy groups -OCH3 is 1. The molecular formula is C10H20ClNO2. The molecule has 0 aromatic rings. The summed E-state index contributed by atoms with van der Waals surface area (Å²) in [6.07, 6.45) is 1.25. The lowest BCUT2D eigenvalue weighted by atomic mass is 10.1. The van der Waals surface area contributed by atoms with Crippen LogP contribution in [0.1, 0.15) is 6.42 Å². The largest absolute Gasteiger partial charge is 0.384 e. The fourth-order valence-electron chi connectivity index (χ4n) is 1.84. The number of likely N-dealkylation sites (tertiary alicyclic amines) is 1. The summed E-state index contributed by atoms with van der Waals surface area (Å²) >= 11 is 5.51. The number of nitrogens with zero attached hydrogens (tertiary/aromatic N) is 1. The Hall–Kier alpha value is 0.170. The van der Waals surface area contributed by atoms with Gasteiger partial charge in [-0.25, -0.2) is 0 Å². The molecule has 1 aliphatic heterocycles. The molecule has 1 aliphatic rings. The molecule has 0 bridgehead atoms. The molecule has 0 aromatic carbocycles. The molecule has 1 heterocycles. The zero-order chi connectivity index (χ0) is 10.2. The van der Waals surface area contributed by atoms with Crippen molar-refractivity contribution < 1.29 is 9.47 Å². The van der Waals surface area contributed by atoms with Gasteiger partial charge in [0.1, 0.15) is 0 Å². The summed E-state index contributed by atoms with van der Waals surface area (Å²) in [5.41, 5.74) is 0. The lowest BCUT2D eigenvalue weighted by molar-refractivity contribution is 0.116. The second-order valence-electron chi connectivity index (χ2n) is 3.71. The molecule has 14 heavy (non-hydrogen) atoms. The Balaban J connectivity index is 1.98. The molecule has 0 aliphatic carbocycles. The summed E-state index contributed by atoms with van der Waals surface area (Å²) < 4.78 is 10.5. The third-order valence-electron chi connectivity index (χ3n) is 2.55. The Morgan fingerprint density at radius 2 is 2.29 bits per heavy atom. The zero-order valence-corrected chi connectivity index (χ0v) is 9.63. The minimum atomic E-state index is 0.590. The van der Waals surface area contributed by atoms with Crippen LogP contribution in [0.25, 0.3) is 0 Å². The molecule has 1 atom stereocenters. The maximum absolute atomic E-state index is 5.51. The molecule has 1 saturated heterocycles. The van der Waals surface area contributed by atoms with Crippen LogP contribution in [0.3, 0.4) is 0 Å². The van der Waals surface area contributed by atoms with Crippen LogP contribution >= 0.6 is 11.6 Å². The van der Waals surface area contributed by atoms with Crippen LogP contribution in [0.2, 0.25) is 0 Å². The zero-order valence-electron chi connectivity index (χ0n) is 8.88. The first-order valence-corrected chi connectivity index (χ1v) is 5.75. The van der Waals surface area contributed by atoms with E-state index in [4.69, 9.17) is 21.1 Å². The smallest absolute Gasteiger partial charge is 0.0602 e. The average molecular weight is 222 g/mol. The highest BCUT2D eigenvalue weighted by Crippen LogP contribution is 2.15. The summed E-state index contributed by atoms with van der Waals surface area (Å²) in [5.74, 6) is 1.31. The number of ether oxygens (including phenoxy) is 2. The molecule has 0 amide bonds. The van der Waals surface area contributed by atoms with Gasteiger partial charge in [-0.2, -0.15) is 0 Å². The predicted octanol–water partition coefficient (Wildman–Crippen LogP) is 1.21. The highest BCUT2D eigenvalue weighted by Gasteiger charge is 2.21. The quantitative estimate of drug-likeness (QED) is 0.477. The minimum absolute atomic E-state index is 0.590. The molecule has 4 heteroatoms. The van der Waals surface area contributed by atoms with E-state index in [1.54, 1.807) is 7.11 Å². The average Bonchev–Trinajstić information content (AvgIpc) is 2.61. The van der Waals surface area contributed by atoms with E-state index in [2.05, 4.69) is 4.90 Å². The summed E-state index contributed by atoms with van der Waals surface area (Å²) in [4.78, 5) is 2.43. The van der Waals surface area contributed by atoms with Crippen molar-refractivity contribution in [3.8, 4) is 0 Å². The lowest BCUT2D eigenvalue weighted by Gasteiger charge is -2.15. The fourth-order valence-corrected chi connectivity index (χ4v) is 1.95. The predicted molar refractivity (Wildman–Crippen MR) is 58.0 cm³/mol. The first-order valence-electron chi connectivity index (χ1n) is 5.21. The Morgan fingerprint density at radius 3 is 3.00 bits per heavy atom. The van der Waals surface area contributed by atoms with Crippen molar-refractivity contribution in [2.45, 2.75) is 6.42 Å². The lowest BCUT2D eigenvalue weighted by Crippen LogP contribution is -2.26. The van der Waals surface area contributed by atoms with E-state index in [0.717, 1.165) is 26.3 Å². The van der Waals surface area contributed by atoms with Crippen LogP contribution in [0, 0.1) is 5.92 Å². The number of rotatable bonds is 7. The van der Waals surface area contributed by atoms with E-state index in [0.29, 0.717) is 18.4 Å². The summed E-state index contributed by atoms with van der Waals surface area (Å²) in [6, 6.07) is 0. The van der Waals surface area contributed by atoms with Crippen LogP contribution in [-0.2, 0) is 9.47 Å². The monoisotopic (exact) mass is 221 g/mol. The van der Waals surface area contributed by atoms with Gasteiger partial charge in [-0.3, -0.25) is 0 Å². The highest BCUT2D eigenvalue weighted by atomic mass is 35.5. The standard InChI is InChI=1S/C10H20ClNO2/c1-13-9-10-2-4-12(8-10)5-7-14-6-3-11/h10H,2-9H2,1H3. The number of hydrogen-bond donors (Lipinski definition) is 0.